The minimum atomic E-state index is -3.74. The number of benzene rings is 2. The molecule has 0 unspecified atom stereocenters. The molecule has 0 saturated carbocycles. The van der Waals surface area contributed by atoms with E-state index >= 15 is 0 Å². The van der Waals surface area contributed by atoms with Crippen molar-refractivity contribution in [3.05, 3.63) is 59.7 Å². The van der Waals surface area contributed by atoms with Gasteiger partial charge in [0.15, 0.2) is 0 Å². The fourth-order valence-corrected chi connectivity index (χ4v) is 3.29. The van der Waals surface area contributed by atoms with Crippen LogP contribution in [0.1, 0.15) is 15.9 Å². The van der Waals surface area contributed by atoms with Crippen molar-refractivity contribution in [1.29, 1.82) is 0 Å². The van der Waals surface area contributed by atoms with Gasteiger partial charge in [-0.15, -0.1) is 0 Å². The third kappa shape index (κ3) is 3.22. The molecule has 1 amide bonds. The number of aryl methyl sites for hydroxylation is 1. The first-order valence-corrected chi connectivity index (χ1v) is 7.83. The van der Waals surface area contributed by atoms with Gasteiger partial charge in [0.1, 0.15) is 0 Å². The number of nitrogens with one attached hydrogen (secondary N) is 2. The number of hydrogen-bond donors (Lipinski definition) is 2. The van der Waals surface area contributed by atoms with E-state index in [0.717, 1.165) is 0 Å². The van der Waals surface area contributed by atoms with Gasteiger partial charge in [0.2, 0.25) is 0 Å². The number of carbonyl (C=O) groups is 1. The zero-order chi connectivity index (χ0) is 15.5. The van der Waals surface area contributed by atoms with Gasteiger partial charge in [-0.2, -0.15) is 0 Å². The fraction of sp³-hybridized carbons (Fsp3) is 0.133. The van der Waals surface area contributed by atoms with Crippen LogP contribution in [0.2, 0.25) is 0 Å². The maximum absolute atomic E-state index is 12.4. The average molecular weight is 304 g/mol. The molecule has 0 fully saturated rings. The molecule has 0 spiro atoms. The number of hydrogen-bond acceptors (Lipinski definition) is 3. The lowest BCUT2D eigenvalue weighted by Crippen LogP contribution is -2.22. The number of sulfonamides is 1. The second-order valence-corrected chi connectivity index (χ2v) is 6.15. The SMILES string of the molecule is CNC(=O)c1ccccc1NS(=O)(=O)c1ccccc1C. The molecular formula is C15H16N2O3S. The largest absolute Gasteiger partial charge is 0.355 e. The van der Waals surface area contributed by atoms with E-state index in [2.05, 4.69) is 10.0 Å². The molecule has 0 radical (unpaired) electrons. The van der Waals surface area contributed by atoms with Gasteiger partial charge in [0.05, 0.1) is 16.1 Å². The van der Waals surface area contributed by atoms with Crippen LogP contribution in [0, 0.1) is 6.92 Å². The first-order valence-electron chi connectivity index (χ1n) is 6.35. The Morgan fingerprint density at radius 3 is 2.29 bits per heavy atom. The monoisotopic (exact) mass is 304 g/mol. The molecule has 110 valence electrons. The summed E-state index contributed by atoms with van der Waals surface area (Å²) in [5.74, 6) is -0.349. The van der Waals surface area contributed by atoms with Crippen LogP contribution in [0.25, 0.3) is 0 Å². The van der Waals surface area contributed by atoms with Crippen LogP contribution in [0.15, 0.2) is 53.4 Å². The van der Waals surface area contributed by atoms with Crippen molar-refractivity contribution < 1.29 is 13.2 Å². The molecule has 2 aromatic carbocycles. The zero-order valence-corrected chi connectivity index (χ0v) is 12.6. The minimum absolute atomic E-state index is 0.191. The fourth-order valence-electron chi connectivity index (χ4n) is 1.96. The van der Waals surface area contributed by atoms with Gasteiger partial charge in [-0.3, -0.25) is 9.52 Å². The van der Waals surface area contributed by atoms with E-state index in [9.17, 15) is 13.2 Å². The van der Waals surface area contributed by atoms with Gasteiger partial charge in [0, 0.05) is 7.05 Å². The number of amides is 1. The van der Waals surface area contributed by atoms with Crippen LogP contribution >= 0.6 is 0 Å². The second kappa shape index (κ2) is 5.97. The van der Waals surface area contributed by atoms with E-state index in [4.69, 9.17) is 0 Å². The minimum Gasteiger partial charge on any atom is -0.355 e. The summed E-state index contributed by atoms with van der Waals surface area (Å²) in [6.45, 7) is 1.72. The molecule has 2 aromatic rings. The Morgan fingerprint density at radius 2 is 1.62 bits per heavy atom. The Balaban J connectivity index is 2.43. The van der Waals surface area contributed by atoms with Crippen LogP contribution < -0.4 is 10.0 Å². The van der Waals surface area contributed by atoms with Crippen molar-refractivity contribution >= 4 is 21.6 Å². The van der Waals surface area contributed by atoms with Crippen molar-refractivity contribution in [3.63, 3.8) is 0 Å². The molecule has 0 aliphatic heterocycles. The van der Waals surface area contributed by atoms with Gasteiger partial charge >= 0.3 is 0 Å². The summed E-state index contributed by atoms with van der Waals surface area (Å²) in [6.07, 6.45) is 0. The third-order valence-corrected chi connectivity index (χ3v) is 4.55. The quantitative estimate of drug-likeness (QED) is 0.909. The van der Waals surface area contributed by atoms with Crippen molar-refractivity contribution in [2.75, 3.05) is 11.8 Å². The van der Waals surface area contributed by atoms with Gasteiger partial charge in [-0.05, 0) is 30.7 Å². The van der Waals surface area contributed by atoms with Gasteiger partial charge < -0.3 is 5.32 Å². The highest BCUT2D eigenvalue weighted by molar-refractivity contribution is 7.92. The lowest BCUT2D eigenvalue weighted by atomic mass is 10.2. The van der Waals surface area contributed by atoms with Gasteiger partial charge in [-0.25, -0.2) is 8.42 Å². The van der Waals surface area contributed by atoms with Crippen molar-refractivity contribution in [3.8, 4) is 0 Å². The Kier molecular flexibility index (Phi) is 4.28. The molecule has 5 nitrogen and oxygen atoms in total. The van der Waals surface area contributed by atoms with Crippen molar-refractivity contribution in [2.24, 2.45) is 0 Å². The molecule has 0 bridgehead atoms. The number of rotatable bonds is 4. The summed E-state index contributed by atoms with van der Waals surface area (Å²) in [6, 6.07) is 13.1. The Hall–Kier alpha value is -2.34. The third-order valence-electron chi connectivity index (χ3n) is 3.03. The standard InChI is InChI=1S/C15H16N2O3S/c1-11-7-3-6-10-14(11)21(19,20)17-13-9-5-4-8-12(13)15(18)16-2/h3-10,17H,1-2H3,(H,16,18). The maximum Gasteiger partial charge on any atom is 0.262 e. The summed E-state index contributed by atoms with van der Waals surface area (Å²) in [5.41, 5.74) is 1.17. The number of anilines is 1. The number of para-hydroxylation sites is 1. The normalized spacial score (nSPS) is 11.0. The van der Waals surface area contributed by atoms with E-state index in [-0.39, 0.29) is 22.1 Å². The van der Waals surface area contributed by atoms with E-state index in [1.54, 1.807) is 49.4 Å². The second-order valence-electron chi connectivity index (χ2n) is 4.50. The smallest absolute Gasteiger partial charge is 0.262 e. The lowest BCUT2D eigenvalue weighted by Gasteiger charge is -2.13. The maximum atomic E-state index is 12.4. The summed E-state index contributed by atoms with van der Waals surface area (Å²) >= 11 is 0. The highest BCUT2D eigenvalue weighted by Crippen LogP contribution is 2.21. The first-order chi connectivity index (χ1) is 9.95. The van der Waals surface area contributed by atoms with Crippen LogP contribution in [-0.4, -0.2) is 21.4 Å². The van der Waals surface area contributed by atoms with E-state index in [0.29, 0.717) is 5.56 Å². The van der Waals surface area contributed by atoms with E-state index in [1.165, 1.54) is 13.1 Å². The predicted octanol–water partition coefficient (Wildman–Crippen LogP) is 2.16. The molecule has 2 N–H and O–H groups in total. The van der Waals surface area contributed by atoms with E-state index in [1.807, 2.05) is 0 Å². The zero-order valence-electron chi connectivity index (χ0n) is 11.8. The van der Waals surface area contributed by atoms with Crippen molar-refractivity contribution in [2.45, 2.75) is 11.8 Å². The molecule has 0 atom stereocenters. The van der Waals surface area contributed by atoms with Crippen LogP contribution in [-0.2, 0) is 10.0 Å². The highest BCUT2D eigenvalue weighted by atomic mass is 32.2. The molecule has 6 heteroatoms. The topological polar surface area (TPSA) is 75.3 Å². The average Bonchev–Trinajstić information content (AvgIpc) is 2.47. The highest BCUT2D eigenvalue weighted by Gasteiger charge is 2.19. The van der Waals surface area contributed by atoms with Gasteiger partial charge in [0.25, 0.3) is 15.9 Å². The van der Waals surface area contributed by atoms with Crippen LogP contribution in [0.4, 0.5) is 5.69 Å². The molecular weight excluding hydrogens is 288 g/mol. The first kappa shape index (κ1) is 15.1. The molecule has 2 rings (SSSR count). The predicted molar refractivity (Wildman–Crippen MR) is 81.8 cm³/mol. The van der Waals surface area contributed by atoms with Crippen LogP contribution in [0.3, 0.4) is 0 Å². The summed E-state index contributed by atoms with van der Waals surface area (Å²) in [7, 11) is -2.24. The van der Waals surface area contributed by atoms with E-state index < -0.39 is 10.0 Å². The Labute approximate surface area is 124 Å². The summed E-state index contributed by atoms with van der Waals surface area (Å²) < 4.78 is 27.4. The summed E-state index contributed by atoms with van der Waals surface area (Å²) in [4.78, 5) is 12.0. The van der Waals surface area contributed by atoms with Crippen molar-refractivity contribution in [1.82, 2.24) is 5.32 Å². The summed E-state index contributed by atoms with van der Waals surface area (Å²) in [5, 5.41) is 2.48. The van der Waals surface area contributed by atoms with Crippen LogP contribution in [0.5, 0.6) is 0 Å². The molecule has 0 heterocycles. The molecule has 0 aliphatic carbocycles. The lowest BCUT2D eigenvalue weighted by molar-refractivity contribution is 0.0964. The Morgan fingerprint density at radius 1 is 1.00 bits per heavy atom. The molecule has 21 heavy (non-hydrogen) atoms. The Bertz CT molecular complexity index is 770. The molecule has 0 aliphatic rings. The molecule has 0 saturated heterocycles. The van der Waals surface area contributed by atoms with Gasteiger partial charge in [-0.1, -0.05) is 30.3 Å². The molecule has 0 aromatic heterocycles. The number of carbonyl (C=O) groups excluding carboxylic acids is 1.